The van der Waals surface area contributed by atoms with Gasteiger partial charge in [0, 0.05) is 17.5 Å². The lowest BCUT2D eigenvalue weighted by Gasteiger charge is -2.34. The van der Waals surface area contributed by atoms with Crippen LogP contribution in [0.4, 0.5) is 0 Å². The number of hydrogen-bond donors (Lipinski definition) is 1. The third-order valence-electron chi connectivity index (χ3n) is 3.92. The van der Waals surface area contributed by atoms with Gasteiger partial charge in [-0.25, -0.2) is 0 Å². The highest BCUT2D eigenvalue weighted by Crippen LogP contribution is 2.17. The molecule has 1 fully saturated rings. The van der Waals surface area contributed by atoms with Crippen LogP contribution < -0.4 is 5.32 Å². The zero-order chi connectivity index (χ0) is 19.1. The smallest absolute Gasteiger partial charge is 0.227 e. The van der Waals surface area contributed by atoms with Gasteiger partial charge in [0.05, 0.1) is 6.42 Å². The van der Waals surface area contributed by atoms with Crippen LogP contribution >= 0.6 is 11.8 Å². The van der Waals surface area contributed by atoms with Crippen molar-refractivity contribution < 1.29 is 4.79 Å². The number of rotatable bonds is 5. The van der Waals surface area contributed by atoms with Crippen LogP contribution in [0.5, 0.6) is 0 Å². The fraction of sp³-hybridized carbons (Fsp3) is 0.571. The van der Waals surface area contributed by atoms with E-state index in [1.165, 1.54) is 4.90 Å². The standard InChI is InChI=1S/C16H24N2OS.C3H6.C2H6/c1-3-18(14-8-10-17-11-9-14)16(19)12-13-4-6-15(20-2)7-5-13;1-3-2;1-2/h4-7,14,17H,3,8-12H2,1-2H3;3H,1H2,2H3;1-2H3. The predicted octanol–water partition coefficient (Wildman–Crippen LogP) is 4.77. The molecule has 0 bridgehead atoms. The van der Waals surface area contributed by atoms with E-state index < -0.39 is 0 Å². The number of nitrogens with one attached hydrogen (secondary N) is 1. The van der Waals surface area contributed by atoms with Crippen LogP contribution in [0.15, 0.2) is 41.8 Å². The van der Waals surface area contributed by atoms with Crippen LogP contribution in [0.1, 0.15) is 46.1 Å². The molecule has 0 atom stereocenters. The highest BCUT2D eigenvalue weighted by Gasteiger charge is 2.23. The molecule has 3 nitrogen and oxygen atoms in total. The Balaban J connectivity index is 0.00000104. The molecule has 0 unspecified atom stereocenters. The fourth-order valence-electron chi connectivity index (χ4n) is 2.78. The molecule has 0 radical (unpaired) electrons. The predicted molar refractivity (Wildman–Crippen MR) is 112 cm³/mol. The van der Waals surface area contributed by atoms with Crippen molar-refractivity contribution in [2.24, 2.45) is 0 Å². The third kappa shape index (κ3) is 9.13. The summed E-state index contributed by atoms with van der Waals surface area (Å²) < 4.78 is 0. The maximum absolute atomic E-state index is 12.5. The lowest BCUT2D eigenvalue weighted by atomic mass is 10.0. The zero-order valence-corrected chi connectivity index (χ0v) is 17.5. The SMILES string of the molecule is C=CC.CC.CCN(C(=O)Cc1ccc(SC)cc1)C1CCNCC1. The van der Waals surface area contributed by atoms with Crippen LogP contribution in [0.3, 0.4) is 0 Å². The monoisotopic (exact) mass is 364 g/mol. The number of benzene rings is 1. The molecule has 142 valence electrons. The summed E-state index contributed by atoms with van der Waals surface area (Å²) in [5.74, 6) is 0.260. The average Bonchev–Trinajstić information content (AvgIpc) is 2.66. The van der Waals surface area contributed by atoms with Gasteiger partial charge in [0.15, 0.2) is 0 Å². The van der Waals surface area contributed by atoms with Gasteiger partial charge in [-0.2, -0.15) is 0 Å². The Morgan fingerprint density at radius 2 is 1.80 bits per heavy atom. The molecule has 2 rings (SSSR count). The van der Waals surface area contributed by atoms with Gasteiger partial charge < -0.3 is 10.2 Å². The van der Waals surface area contributed by atoms with E-state index in [1.807, 2.05) is 20.8 Å². The lowest BCUT2D eigenvalue weighted by molar-refractivity contribution is -0.133. The number of carbonyl (C=O) groups is 1. The summed E-state index contributed by atoms with van der Waals surface area (Å²) in [6, 6.07) is 8.74. The second kappa shape index (κ2) is 15.0. The number of nitrogens with zero attached hydrogens (tertiary/aromatic N) is 1. The minimum absolute atomic E-state index is 0.260. The Morgan fingerprint density at radius 3 is 2.24 bits per heavy atom. The van der Waals surface area contributed by atoms with E-state index in [-0.39, 0.29) is 5.91 Å². The van der Waals surface area contributed by atoms with E-state index >= 15 is 0 Å². The molecule has 0 aliphatic carbocycles. The van der Waals surface area contributed by atoms with Crippen LogP contribution in [-0.2, 0) is 11.2 Å². The van der Waals surface area contributed by atoms with Crippen molar-refractivity contribution in [1.29, 1.82) is 0 Å². The topological polar surface area (TPSA) is 32.3 Å². The molecule has 1 aliphatic rings. The van der Waals surface area contributed by atoms with Gasteiger partial charge in [-0.15, -0.1) is 18.3 Å². The third-order valence-corrected chi connectivity index (χ3v) is 4.67. The van der Waals surface area contributed by atoms with Gasteiger partial charge in [-0.05, 0) is 63.7 Å². The second-order valence-corrected chi connectivity index (χ2v) is 6.47. The average molecular weight is 365 g/mol. The van der Waals surface area contributed by atoms with Gasteiger partial charge in [-0.1, -0.05) is 32.1 Å². The van der Waals surface area contributed by atoms with E-state index in [0.717, 1.165) is 38.0 Å². The van der Waals surface area contributed by atoms with Gasteiger partial charge in [0.2, 0.25) is 5.91 Å². The van der Waals surface area contributed by atoms with E-state index in [4.69, 9.17) is 0 Å². The number of allylic oxidation sites excluding steroid dienone is 1. The molecule has 0 spiro atoms. The van der Waals surface area contributed by atoms with Gasteiger partial charge >= 0.3 is 0 Å². The quantitative estimate of drug-likeness (QED) is 0.603. The Bertz CT molecular complexity index is 467. The van der Waals surface area contributed by atoms with Gasteiger partial charge in [0.1, 0.15) is 0 Å². The van der Waals surface area contributed by atoms with Crippen molar-refractivity contribution in [1.82, 2.24) is 10.2 Å². The summed E-state index contributed by atoms with van der Waals surface area (Å²) in [6.07, 6.45) is 6.48. The van der Waals surface area contributed by atoms with E-state index in [0.29, 0.717) is 12.5 Å². The largest absolute Gasteiger partial charge is 0.340 e. The van der Waals surface area contributed by atoms with Crippen LogP contribution in [0, 0.1) is 0 Å². The summed E-state index contributed by atoms with van der Waals surface area (Å²) >= 11 is 1.73. The van der Waals surface area contributed by atoms with Crippen molar-refractivity contribution in [3.05, 3.63) is 42.5 Å². The summed E-state index contributed by atoms with van der Waals surface area (Å²) in [4.78, 5) is 15.8. The number of likely N-dealkylation sites (N-methyl/N-ethyl adjacent to an activating group) is 1. The summed E-state index contributed by atoms with van der Waals surface area (Å²) in [6.45, 7) is 14.2. The second-order valence-electron chi connectivity index (χ2n) is 5.59. The molecule has 1 aliphatic heterocycles. The van der Waals surface area contributed by atoms with Crippen LogP contribution in [0.2, 0.25) is 0 Å². The fourth-order valence-corrected chi connectivity index (χ4v) is 3.18. The Kier molecular flexibility index (Phi) is 14.3. The normalized spacial score (nSPS) is 13.6. The first kappa shape index (κ1) is 23.7. The van der Waals surface area contributed by atoms with Crippen molar-refractivity contribution in [2.45, 2.75) is 57.9 Å². The number of carbonyl (C=O) groups excluding carboxylic acids is 1. The first-order valence-corrected chi connectivity index (χ1v) is 10.6. The van der Waals surface area contributed by atoms with Gasteiger partial charge in [-0.3, -0.25) is 4.79 Å². The molecule has 1 aromatic carbocycles. The number of piperidine rings is 1. The van der Waals surface area contributed by atoms with Crippen molar-refractivity contribution in [3.63, 3.8) is 0 Å². The molecule has 1 amide bonds. The summed E-state index contributed by atoms with van der Waals surface area (Å²) in [5.41, 5.74) is 1.11. The lowest BCUT2D eigenvalue weighted by Crippen LogP contribution is -2.46. The highest BCUT2D eigenvalue weighted by molar-refractivity contribution is 7.98. The zero-order valence-electron chi connectivity index (χ0n) is 16.7. The Labute approximate surface area is 159 Å². The Hall–Kier alpha value is -1.26. The maximum Gasteiger partial charge on any atom is 0.227 e. The van der Waals surface area contributed by atoms with E-state index in [2.05, 4.69) is 54.2 Å². The molecular weight excluding hydrogens is 328 g/mol. The van der Waals surface area contributed by atoms with Crippen LogP contribution in [0.25, 0.3) is 0 Å². The molecule has 1 N–H and O–H groups in total. The highest BCUT2D eigenvalue weighted by atomic mass is 32.2. The molecule has 0 saturated carbocycles. The first-order chi connectivity index (χ1) is 12.2. The molecule has 0 aromatic heterocycles. The Morgan fingerprint density at radius 1 is 1.28 bits per heavy atom. The minimum atomic E-state index is 0.260. The van der Waals surface area contributed by atoms with E-state index in [1.54, 1.807) is 17.8 Å². The molecule has 1 aromatic rings. The molecule has 4 heteroatoms. The van der Waals surface area contributed by atoms with E-state index in [9.17, 15) is 4.79 Å². The number of thioether (sulfide) groups is 1. The summed E-state index contributed by atoms with van der Waals surface area (Å²) in [7, 11) is 0. The minimum Gasteiger partial charge on any atom is -0.340 e. The van der Waals surface area contributed by atoms with Gasteiger partial charge in [0.25, 0.3) is 0 Å². The molecule has 1 heterocycles. The number of hydrogen-bond acceptors (Lipinski definition) is 3. The maximum atomic E-state index is 12.5. The van der Waals surface area contributed by atoms with Crippen molar-refractivity contribution in [2.75, 3.05) is 25.9 Å². The molecule has 25 heavy (non-hydrogen) atoms. The van der Waals surface area contributed by atoms with Crippen molar-refractivity contribution >= 4 is 17.7 Å². The molecule has 1 saturated heterocycles. The number of amides is 1. The van der Waals surface area contributed by atoms with Crippen molar-refractivity contribution in [3.8, 4) is 0 Å². The first-order valence-electron chi connectivity index (χ1n) is 9.36. The van der Waals surface area contributed by atoms with Crippen LogP contribution in [-0.4, -0.2) is 42.7 Å². The molecular formula is C21H36N2OS. The summed E-state index contributed by atoms with van der Waals surface area (Å²) in [5, 5.41) is 3.35.